The fourth-order valence-electron chi connectivity index (χ4n) is 10.3. The number of hydrogen-bond donors (Lipinski definition) is 0. The second-order valence-electron chi connectivity index (χ2n) is 19.7. The van der Waals surface area contributed by atoms with Gasteiger partial charge in [0.1, 0.15) is 0 Å². The summed E-state index contributed by atoms with van der Waals surface area (Å²) in [4.78, 5) is 14.2. The molecule has 0 saturated carbocycles. The Morgan fingerprint density at radius 2 is 0.762 bits per heavy atom. The SMILES string of the molecule is Cc1ccc(-c2ccc(-c3ccccc3-c3cc(-c4ccccc4-c4ccc(-c5ccc(C)cn5)cc4)cc(-c4ccccc4-c4ccc(-c5cc(-c6ccccc6)c6ccccc6n5)cc4OS(=O)(=O)C(F)(F)F)c3)cc2)nc1. The highest BCUT2D eigenvalue weighted by Gasteiger charge is 2.49. The molecule has 0 spiro atoms. The molecule has 0 fully saturated rings. The highest BCUT2D eigenvalue weighted by molar-refractivity contribution is 7.88. The zero-order valence-electron chi connectivity index (χ0n) is 43.4. The monoisotopic (exact) mass is 1070 g/mol. The molecule has 0 bridgehead atoms. The van der Waals surface area contributed by atoms with Crippen LogP contribution in [0.15, 0.2) is 255 Å². The third-order valence-electron chi connectivity index (χ3n) is 14.3. The lowest BCUT2D eigenvalue weighted by molar-refractivity contribution is -0.0499. The average molecular weight is 1070 g/mol. The first-order valence-electron chi connectivity index (χ1n) is 25.9. The van der Waals surface area contributed by atoms with E-state index >= 15 is 0 Å². The standard InChI is InChI=1S/C70H48F3N3O3S/c1-45-24-36-65(74-43-45)50-30-26-48(27-31-50)56-16-6-8-18-58(56)53-38-54(59-19-9-7-17-57(59)49-28-32-51(33-29-49)66-37-25-46(2)44-75-66)40-55(39-53)60-20-10-11-21-61(60)63-35-34-52(41-69(63)79-80(77,78)70(71,72)73)68-42-64(47-14-4-3-5-15-47)62-22-12-13-23-67(62)76-68/h3-44H,1-2H3. The molecule has 80 heavy (non-hydrogen) atoms. The van der Waals surface area contributed by atoms with Crippen molar-refractivity contribution in [1.82, 2.24) is 15.0 Å². The minimum atomic E-state index is -6.16. The van der Waals surface area contributed by atoms with Crippen molar-refractivity contribution in [2.75, 3.05) is 0 Å². The van der Waals surface area contributed by atoms with Crippen LogP contribution in [0.3, 0.4) is 0 Å². The van der Waals surface area contributed by atoms with E-state index in [9.17, 15) is 21.6 Å². The van der Waals surface area contributed by atoms with E-state index < -0.39 is 21.4 Å². The Kier molecular flexibility index (Phi) is 13.5. The lowest BCUT2D eigenvalue weighted by Crippen LogP contribution is -2.28. The number of halogens is 3. The second-order valence-corrected chi connectivity index (χ2v) is 21.2. The Labute approximate surface area is 462 Å². The van der Waals surface area contributed by atoms with Gasteiger partial charge in [-0.3, -0.25) is 9.97 Å². The molecule has 3 heterocycles. The largest absolute Gasteiger partial charge is 0.534 e. The van der Waals surface area contributed by atoms with Crippen LogP contribution in [0.2, 0.25) is 0 Å². The van der Waals surface area contributed by atoms with Gasteiger partial charge in [0.15, 0.2) is 5.75 Å². The molecule has 0 aliphatic carbocycles. The normalized spacial score (nSPS) is 11.7. The van der Waals surface area contributed by atoms with Crippen molar-refractivity contribution >= 4 is 21.0 Å². The van der Waals surface area contributed by atoms with Crippen molar-refractivity contribution in [1.29, 1.82) is 0 Å². The van der Waals surface area contributed by atoms with Crippen LogP contribution >= 0.6 is 0 Å². The Morgan fingerprint density at radius 3 is 1.25 bits per heavy atom. The molecule has 0 atom stereocenters. The molecule has 0 aliphatic rings. The molecule has 0 radical (unpaired) electrons. The van der Waals surface area contributed by atoms with Crippen LogP contribution in [0.1, 0.15) is 11.1 Å². The van der Waals surface area contributed by atoms with Gasteiger partial charge in [0, 0.05) is 40.0 Å². The number of aryl methyl sites for hydroxylation is 2. The summed E-state index contributed by atoms with van der Waals surface area (Å²) in [6.07, 6.45) is 3.71. The number of alkyl halides is 3. The van der Waals surface area contributed by atoms with E-state index in [-0.39, 0.29) is 5.56 Å². The van der Waals surface area contributed by atoms with Crippen LogP contribution in [-0.4, -0.2) is 28.9 Å². The smallest absolute Gasteiger partial charge is 0.375 e. The van der Waals surface area contributed by atoms with Gasteiger partial charge in [0.25, 0.3) is 0 Å². The van der Waals surface area contributed by atoms with Crippen LogP contribution in [0, 0.1) is 13.8 Å². The van der Waals surface area contributed by atoms with Gasteiger partial charge in [-0.2, -0.15) is 21.6 Å². The first-order chi connectivity index (χ1) is 38.8. The minimum Gasteiger partial charge on any atom is -0.375 e. The molecular formula is C70H48F3N3O3S. The Bertz CT molecular complexity index is 4230. The molecule has 0 amide bonds. The summed E-state index contributed by atoms with van der Waals surface area (Å²) in [6, 6.07) is 78.6. The van der Waals surface area contributed by atoms with Crippen LogP contribution in [-0.2, 0) is 10.1 Å². The van der Waals surface area contributed by atoms with E-state index in [2.05, 4.69) is 101 Å². The van der Waals surface area contributed by atoms with Gasteiger partial charge in [-0.25, -0.2) is 4.98 Å². The van der Waals surface area contributed by atoms with E-state index in [0.717, 1.165) is 100 Å². The minimum absolute atomic E-state index is 0.125. The van der Waals surface area contributed by atoms with Crippen LogP contribution in [0.4, 0.5) is 13.2 Å². The zero-order valence-corrected chi connectivity index (χ0v) is 44.2. The first kappa shape index (κ1) is 51.0. The molecular weight excluding hydrogens is 1020 g/mol. The number of aromatic nitrogens is 3. The van der Waals surface area contributed by atoms with Crippen molar-refractivity contribution in [2.45, 2.75) is 19.4 Å². The topological polar surface area (TPSA) is 82.0 Å². The van der Waals surface area contributed by atoms with Gasteiger partial charge in [-0.1, -0.05) is 188 Å². The van der Waals surface area contributed by atoms with Crippen molar-refractivity contribution < 1.29 is 25.8 Å². The van der Waals surface area contributed by atoms with Crippen LogP contribution < -0.4 is 4.18 Å². The van der Waals surface area contributed by atoms with Gasteiger partial charge in [-0.05, 0) is 152 Å². The van der Waals surface area contributed by atoms with Gasteiger partial charge in [-0.15, -0.1) is 0 Å². The maximum atomic E-state index is 14.4. The van der Waals surface area contributed by atoms with E-state index in [1.54, 1.807) is 24.3 Å². The molecule has 388 valence electrons. The molecule has 12 aromatic rings. The number of hydrogen-bond acceptors (Lipinski definition) is 6. The summed E-state index contributed by atoms with van der Waals surface area (Å²) in [5, 5.41) is 0.873. The predicted molar refractivity (Wildman–Crippen MR) is 317 cm³/mol. The Morgan fingerprint density at radius 1 is 0.350 bits per heavy atom. The molecule has 6 nitrogen and oxygen atoms in total. The molecule has 10 heteroatoms. The van der Waals surface area contributed by atoms with E-state index in [4.69, 9.17) is 9.17 Å². The molecule has 0 aliphatic heterocycles. The second kappa shape index (κ2) is 21.2. The van der Waals surface area contributed by atoms with Crippen molar-refractivity contribution in [3.8, 4) is 117 Å². The zero-order chi connectivity index (χ0) is 55.0. The third kappa shape index (κ3) is 10.3. The van der Waals surface area contributed by atoms with Gasteiger partial charge < -0.3 is 4.18 Å². The van der Waals surface area contributed by atoms with Crippen LogP contribution in [0.5, 0.6) is 5.75 Å². The number of benzene rings is 9. The van der Waals surface area contributed by atoms with Gasteiger partial charge in [0.2, 0.25) is 0 Å². The van der Waals surface area contributed by atoms with Gasteiger partial charge >= 0.3 is 15.6 Å². The van der Waals surface area contributed by atoms with E-state index in [0.29, 0.717) is 27.9 Å². The fraction of sp³-hybridized carbons (Fsp3) is 0.0429. The number of nitrogens with zero attached hydrogens (tertiary/aromatic N) is 3. The highest BCUT2D eigenvalue weighted by Crippen LogP contribution is 2.46. The summed E-state index contributed by atoms with van der Waals surface area (Å²) < 4.78 is 74.9. The number of rotatable bonds is 12. The summed E-state index contributed by atoms with van der Waals surface area (Å²) in [5.74, 6) is -0.510. The van der Waals surface area contributed by atoms with Gasteiger partial charge in [0.05, 0.1) is 22.6 Å². The Hall–Kier alpha value is -9.77. The number of fused-ring (bicyclic) bond motifs is 1. The van der Waals surface area contributed by atoms with Crippen LogP contribution in [0.25, 0.3) is 123 Å². The maximum Gasteiger partial charge on any atom is 0.534 e. The van der Waals surface area contributed by atoms with E-state index in [1.165, 1.54) is 6.07 Å². The quantitative estimate of drug-likeness (QED) is 0.0896. The summed E-state index contributed by atoms with van der Waals surface area (Å²) >= 11 is 0. The maximum absolute atomic E-state index is 14.4. The molecule has 0 N–H and O–H groups in total. The first-order valence-corrected chi connectivity index (χ1v) is 27.4. The Balaban J connectivity index is 1.03. The van der Waals surface area contributed by atoms with E-state index in [1.807, 2.05) is 148 Å². The van der Waals surface area contributed by atoms with Crippen molar-refractivity contribution in [2.24, 2.45) is 0 Å². The number of pyridine rings is 3. The molecule has 3 aromatic heterocycles. The molecule has 12 rings (SSSR count). The molecule has 9 aromatic carbocycles. The molecule has 0 unspecified atom stereocenters. The number of para-hydroxylation sites is 1. The highest BCUT2D eigenvalue weighted by atomic mass is 32.2. The lowest BCUT2D eigenvalue weighted by Gasteiger charge is -2.19. The summed E-state index contributed by atoms with van der Waals surface area (Å²) in [6.45, 7) is 4.02. The lowest BCUT2D eigenvalue weighted by atomic mass is 9.86. The molecule has 0 saturated heterocycles. The summed E-state index contributed by atoms with van der Waals surface area (Å²) in [5.41, 5.74) is 12.7. The third-order valence-corrected chi connectivity index (χ3v) is 15.3. The fourth-order valence-corrected chi connectivity index (χ4v) is 10.7. The summed E-state index contributed by atoms with van der Waals surface area (Å²) in [7, 11) is -6.16. The average Bonchev–Trinajstić information content (AvgIpc) is 3.68. The predicted octanol–water partition coefficient (Wildman–Crippen LogP) is 18.5. The van der Waals surface area contributed by atoms with Crippen molar-refractivity contribution in [3.05, 3.63) is 266 Å². The van der Waals surface area contributed by atoms with Crippen molar-refractivity contribution in [3.63, 3.8) is 0 Å².